The van der Waals surface area contributed by atoms with Gasteiger partial charge in [-0.3, -0.25) is 0 Å². The lowest BCUT2D eigenvalue weighted by molar-refractivity contribution is 0.378. The van der Waals surface area contributed by atoms with Gasteiger partial charge in [0.2, 0.25) is 0 Å². The lowest BCUT2D eigenvalue weighted by Gasteiger charge is -2.29. The Hall–Kier alpha value is -1.82. The van der Waals surface area contributed by atoms with Crippen LogP contribution in [-0.2, 0) is 6.42 Å². The van der Waals surface area contributed by atoms with Crippen molar-refractivity contribution in [1.29, 1.82) is 0 Å². The molecule has 2 atom stereocenters. The van der Waals surface area contributed by atoms with Crippen LogP contribution in [0.4, 0.5) is 0 Å². The largest absolute Gasteiger partial charge is 0.0723 e. The van der Waals surface area contributed by atoms with E-state index in [0.29, 0.717) is 5.92 Å². The fraction of sp³-hybridized carbons (Fsp3) is 0.588. The second-order valence-corrected chi connectivity index (χ2v) is 11.4. The summed E-state index contributed by atoms with van der Waals surface area (Å²) in [5.74, 6) is 1.44. The van der Waals surface area contributed by atoms with Gasteiger partial charge in [0.25, 0.3) is 0 Å². The van der Waals surface area contributed by atoms with Crippen LogP contribution in [0.2, 0.25) is 0 Å². The highest BCUT2D eigenvalue weighted by Crippen LogP contribution is 2.50. The Bertz CT molecular complexity index is 976. The highest BCUT2D eigenvalue weighted by atomic mass is 14.4. The topological polar surface area (TPSA) is 0 Å². The van der Waals surface area contributed by atoms with Gasteiger partial charge in [-0.15, -0.1) is 0 Å². The van der Waals surface area contributed by atoms with Crippen molar-refractivity contribution in [3.8, 4) is 11.1 Å². The third-order valence-electron chi connectivity index (χ3n) is 8.64. The van der Waals surface area contributed by atoms with Crippen molar-refractivity contribution in [2.24, 2.45) is 11.8 Å². The maximum atomic E-state index is 2.65. The molecule has 0 N–H and O–H groups in total. The third kappa shape index (κ3) is 5.87. The molecule has 34 heavy (non-hydrogen) atoms. The van der Waals surface area contributed by atoms with E-state index in [1.165, 1.54) is 123 Å². The molecule has 0 saturated heterocycles. The van der Waals surface area contributed by atoms with Gasteiger partial charge in [-0.1, -0.05) is 139 Å². The normalized spacial score (nSPS) is 16.8. The summed E-state index contributed by atoms with van der Waals surface area (Å²) in [5.41, 5.74) is 11.9. The van der Waals surface area contributed by atoms with Crippen LogP contribution in [-0.4, -0.2) is 0 Å². The van der Waals surface area contributed by atoms with E-state index in [-0.39, 0.29) is 0 Å². The molecule has 2 aliphatic carbocycles. The molecule has 0 amide bonds. The minimum absolute atomic E-state index is 0.677. The van der Waals surface area contributed by atoms with Gasteiger partial charge in [0, 0.05) is 0 Å². The lowest BCUT2D eigenvalue weighted by Crippen LogP contribution is -2.18. The summed E-state index contributed by atoms with van der Waals surface area (Å²) in [4.78, 5) is 0. The fourth-order valence-electron chi connectivity index (χ4n) is 6.37. The van der Waals surface area contributed by atoms with Crippen molar-refractivity contribution >= 4 is 5.57 Å². The van der Waals surface area contributed by atoms with E-state index in [0.717, 1.165) is 5.92 Å². The molecular weight excluding hydrogens is 408 g/mol. The number of rotatable bonds is 14. The van der Waals surface area contributed by atoms with E-state index in [2.05, 4.69) is 64.1 Å². The molecule has 0 radical (unpaired) electrons. The summed E-state index contributed by atoms with van der Waals surface area (Å²) in [6.07, 6.45) is 22.5. The van der Waals surface area contributed by atoms with Crippen LogP contribution in [0.15, 0.2) is 36.4 Å². The summed E-state index contributed by atoms with van der Waals surface area (Å²) in [6.45, 7) is 9.36. The summed E-state index contributed by atoms with van der Waals surface area (Å²) in [5, 5.41) is 0. The Morgan fingerprint density at radius 1 is 0.735 bits per heavy atom. The Balaban J connectivity index is 1.24. The number of benzene rings is 2. The minimum Gasteiger partial charge on any atom is -0.0723 e. The SMILES string of the molecule is CCCCCCCCCCCCCCC(C)C1C=C2c3cc(C)ccc3-c3ccc(C)c(c32)C1. The average Bonchev–Trinajstić information content (AvgIpc) is 3.15. The monoisotopic (exact) mass is 456 g/mol. The van der Waals surface area contributed by atoms with E-state index in [4.69, 9.17) is 0 Å². The summed E-state index contributed by atoms with van der Waals surface area (Å²) >= 11 is 0. The second kappa shape index (κ2) is 12.2. The Kier molecular flexibility index (Phi) is 9.10. The van der Waals surface area contributed by atoms with Gasteiger partial charge in [0.15, 0.2) is 0 Å². The Morgan fingerprint density at radius 2 is 1.35 bits per heavy atom. The average molecular weight is 457 g/mol. The number of hydrogen-bond donors (Lipinski definition) is 0. The quantitative estimate of drug-likeness (QED) is 0.212. The molecule has 2 unspecified atom stereocenters. The first-order valence-corrected chi connectivity index (χ1v) is 14.6. The number of aryl methyl sites for hydroxylation is 2. The zero-order valence-corrected chi connectivity index (χ0v) is 22.5. The Morgan fingerprint density at radius 3 is 2.03 bits per heavy atom. The van der Waals surface area contributed by atoms with Crippen LogP contribution in [0.5, 0.6) is 0 Å². The number of fused-ring (bicyclic) bond motifs is 3. The van der Waals surface area contributed by atoms with Gasteiger partial charge < -0.3 is 0 Å². The number of unbranched alkanes of at least 4 members (excludes halogenated alkanes) is 11. The van der Waals surface area contributed by atoms with Crippen LogP contribution < -0.4 is 0 Å². The maximum Gasteiger partial charge on any atom is -0.00671 e. The highest BCUT2D eigenvalue weighted by molar-refractivity contribution is 6.03. The zero-order valence-electron chi connectivity index (χ0n) is 22.5. The van der Waals surface area contributed by atoms with Gasteiger partial charge in [-0.2, -0.15) is 0 Å². The number of hydrogen-bond acceptors (Lipinski definition) is 0. The molecule has 0 aromatic heterocycles. The molecule has 0 aliphatic heterocycles. The van der Waals surface area contributed by atoms with Crippen LogP contribution in [0.1, 0.15) is 125 Å². The molecule has 0 spiro atoms. The molecule has 0 saturated carbocycles. The first kappa shape index (κ1) is 25.3. The van der Waals surface area contributed by atoms with E-state index in [1.54, 1.807) is 11.1 Å². The molecule has 2 aliphatic rings. The smallest absolute Gasteiger partial charge is 0.00671 e. The lowest BCUT2D eigenvalue weighted by atomic mass is 9.76. The van der Waals surface area contributed by atoms with Gasteiger partial charge in [0.1, 0.15) is 0 Å². The van der Waals surface area contributed by atoms with Crippen LogP contribution in [0.25, 0.3) is 16.7 Å². The first-order valence-electron chi connectivity index (χ1n) is 14.6. The molecule has 0 heteroatoms. The van der Waals surface area contributed by atoms with Crippen molar-refractivity contribution < 1.29 is 0 Å². The first-order chi connectivity index (χ1) is 16.6. The van der Waals surface area contributed by atoms with Gasteiger partial charge in [-0.05, 0) is 71.1 Å². The molecular formula is C34H48. The van der Waals surface area contributed by atoms with Crippen LogP contribution in [0, 0.1) is 25.7 Å². The zero-order chi connectivity index (χ0) is 23.9. The third-order valence-corrected chi connectivity index (χ3v) is 8.64. The summed E-state index contributed by atoms with van der Waals surface area (Å²) in [7, 11) is 0. The number of allylic oxidation sites excluding steroid dienone is 1. The van der Waals surface area contributed by atoms with Gasteiger partial charge in [-0.25, -0.2) is 0 Å². The van der Waals surface area contributed by atoms with E-state index in [1.807, 2.05) is 0 Å². The molecule has 0 bridgehead atoms. The standard InChI is InChI=1S/C34H48/c1-5-6-7-8-9-10-11-12-13-14-15-16-17-26(3)28-23-31-27(4)19-21-30-29-20-18-25(2)22-32(29)33(24-28)34(30)31/h18-22,24,26,28H,5-17,23H2,1-4H3. The molecule has 184 valence electrons. The van der Waals surface area contributed by atoms with E-state index in [9.17, 15) is 0 Å². The maximum absolute atomic E-state index is 2.65. The van der Waals surface area contributed by atoms with Crippen molar-refractivity contribution in [3.05, 3.63) is 64.2 Å². The van der Waals surface area contributed by atoms with Crippen LogP contribution in [0.3, 0.4) is 0 Å². The highest BCUT2D eigenvalue weighted by Gasteiger charge is 2.32. The predicted molar refractivity (Wildman–Crippen MR) is 150 cm³/mol. The van der Waals surface area contributed by atoms with Gasteiger partial charge in [0.05, 0.1) is 0 Å². The summed E-state index contributed by atoms with van der Waals surface area (Å²) < 4.78 is 0. The molecule has 2 aromatic carbocycles. The van der Waals surface area contributed by atoms with E-state index < -0.39 is 0 Å². The molecule has 2 aromatic rings. The minimum atomic E-state index is 0.677. The summed E-state index contributed by atoms with van der Waals surface area (Å²) in [6, 6.07) is 11.8. The van der Waals surface area contributed by atoms with Crippen molar-refractivity contribution in [1.82, 2.24) is 0 Å². The van der Waals surface area contributed by atoms with Crippen LogP contribution >= 0.6 is 0 Å². The second-order valence-electron chi connectivity index (χ2n) is 11.4. The van der Waals surface area contributed by atoms with Crippen molar-refractivity contribution in [3.63, 3.8) is 0 Å². The van der Waals surface area contributed by atoms with Crippen molar-refractivity contribution in [2.45, 2.75) is 118 Å². The molecule has 0 heterocycles. The van der Waals surface area contributed by atoms with E-state index >= 15 is 0 Å². The molecule has 0 fully saturated rings. The fourth-order valence-corrected chi connectivity index (χ4v) is 6.37. The predicted octanol–water partition coefficient (Wildman–Crippen LogP) is 10.6. The molecule has 0 nitrogen and oxygen atoms in total. The van der Waals surface area contributed by atoms with Crippen molar-refractivity contribution in [2.75, 3.05) is 0 Å². The Labute approximate surface area is 210 Å². The van der Waals surface area contributed by atoms with Gasteiger partial charge >= 0.3 is 0 Å². The molecule has 4 rings (SSSR count).